The zero-order valence-electron chi connectivity index (χ0n) is 81.8. The number of fused-ring (bicyclic) bond motifs is 4. The second-order valence-corrected chi connectivity index (χ2v) is 35.1. The molecule has 0 bridgehead atoms. The van der Waals surface area contributed by atoms with Crippen LogP contribution >= 0.6 is 0 Å². The molecule has 0 spiro atoms. The molecule has 5 N–H and O–H groups in total. The van der Waals surface area contributed by atoms with Crippen LogP contribution < -0.4 is 49.7 Å². The lowest BCUT2D eigenvalue weighted by molar-refractivity contribution is -0.131. The SMILES string of the molecule is C#Cc1cc(OC)c2nc(Nc3cc(O[C@@H]4CCN(C(=O)CN(C)C)C4)cc(-c4cnn(C)c4)c3)ncc2c1.C#Cc1cc(OC)c2nc(Nc3cc(O[C@@H]4CCN(CC)C4)cc(-c4cnn(C)c4)c3)ncc2c1.Cn1cc(-c2cc3cnc(Nc4cccc(Cn5cccn5)c4)nc3cc2OCc2cnccn2)cn1.c1cc(Cn2cccn2)cc(Nc2ncc3cc(-c4cn[nH]c4)c(OCc4cnccn4)cc3n2)c1. The Balaban J connectivity index is 0.000000124. The summed E-state index contributed by atoms with van der Waals surface area (Å²) in [6.45, 7) is 8.76. The molecule has 20 aromatic rings. The average Bonchev–Trinajstić information content (AvgIpc) is 1.77. The number of nitrogens with zero attached hydrogens (tertiary/aromatic N) is 26. The highest BCUT2D eigenvalue weighted by Crippen LogP contribution is 2.40. The van der Waals surface area contributed by atoms with Crippen LogP contribution in [-0.2, 0) is 52.2 Å². The molecule has 2 fully saturated rings. The number of carbonyl (C=O) groups is 1. The van der Waals surface area contributed by atoms with Gasteiger partial charge in [0.2, 0.25) is 29.7 Å². The van der Waals surface area contributed by atoms with Crippen molar-refractivity contribution < 1.29 is 33.2 Å². The van der Waals surface area contributed by atoms with Gasteiger partial charge in [0.25, 0.3) is 0 Å². The van der Waals surface area contributed by atoms with Crippen molar-refractivity contribution in [1.82, 2.24) is 134 Å². The second-order valence-electron chi connectivity index (χ2n) is 35.1. The summed E-state index contributed by atoms with van der Waals surface area (Å²) < 4.78 is 45.2. The lowest BCUT2D eigenvalue weighted by Gasteiger charge is -2.20. The molecule has 2 aliphatic heterocycles. The summed E-state index contributed by atoms with van der Waals surface area (Å²) in [6.07, 6.45) is 52.3. The van der Waals surface area contributed by atoms with Gasteiger partial charge in [-0.25, -0.2) is 39.9 Å². The minimum absolute atomic E-state index is 0.0976. The van der Waals surface area contributed by atoms with Crippen molar-refractivity contribution in [3.8, 4) is 104 Å². The zero-order chi connectivity index (χ0) is 101. The van der Waals surface area contributed by atoms with E-state index in [9.17, 15) is 4.79 Å². The van der Waals surface area contributed by atoms with Crippen LogP contribution in [0.15, 0.2) is 282 Å². The van der Waals surface area contributed by atoms with Gasteiger partial charge in [-0.05, 0) is 146 Å². The Bertz CT molecular complexity index is 8070. The lowest BCUT2D eigenvalue weighted by atomic mass is 10.1. The first-order valence-corrected chi connectivity index (χ1v) is 47.3. The van der Waals surface area contributed by atoms with Crippen LogP contribution in [0.3, 0.4) is 0 Å². The molecule has 12 aromatic heterocycles. The summed E-state index contributed by atoms with van der Waals surface area (Å²) >= 11 is 0. The standard InChI is InChI=1S/C29H31N7O3.C27H23N9O.C27H28N6O2.C26H21N9O/c1-6-19-9-21-14-30-29(33-28(21)26(10-19)38-5)32-23-11-20(22-15-31-35(4)16-22)12-25(13-23)39-24-7-8-36(17-24)27(37)18-34(2)3;1-35-17-21(14-32-35)24-11-20-13-30-27(33-22-5-2-4-19(10-22)16-36-9-3-6-31-36)34-25(20)12-26(24)37-18-23-15-28-7-8-29-23;1-5-18-9-20-14-28-27(31-26(20)25(10-18)34-4)30-22-11-19(21-15-29-32(3)16-21)12-24(13-22)35-23-7-8-33(6-2)17-23;1-3-18(16-35-8-2-5-32-35)9-21(4-1)33-26-29-12-19-10-23(20-13-30-31-14-20)25(11-24(19)34-26)36-17-22-15-27-6-7-28-22/h1,9-16,24H,7-8,17-18H2,2-5H3,(H,30,32,33);2-15,17H,16,18H2,1H3,(H,30,33,34);1,9-16,23H,6-8,17H2,2-4H3,(H,28,30,31);1-15H,16-17H2,(H,30,31)(H,29,33,34)/t24-;;23-;/m1.1./s1. The molecule has 22 rings (SSSR count). The fraction of sp³-hybridized carbons (Fsp3) is 0.202. The predicted octanol–water partition coefficient (Wildman–Crippen LogP) is 16.3. The third-order valence-electron chi connectivity index (χ3n) is 24.0. The number of hydrogen-bond donors (Lipinski definition) is 5. The number of amides is 1. The van der Waals surface area contributed by atoms with Crippen LogP contribution in [-0.4, -0.2) is 219 Å². The first kappa shape index (κ1) is 96.9. The fourth-order valence-electron chi connectivity index (χ4n) is 16.9. The van der Waals surface area contributed by atoms with Crippen LogP contribution in [0.2, 0.25) is 0 Å². The van der Waals surface area contributed by atoms with Gasteiger partial charge in [0.15, 0.2) is 0 Å². The number of nitrogens with one attached hydrogen (secondary N) is 5. The van der Waals surface area contributed by atoms with Gasteiger partial charge in [-0.15, -0.1) is 12.8 Å². The quantitative estimate of drug-likeness (QED) is 0.0252. The third-order valence-corrected chi connectivity index (χ3v) is 24.0. The molecular weight excluding hydrogens is 1860 g/mol. The maximum Gasteiger partial charge on any atom is 0.236 e. The van der Waals surface area contributed by atoms with Gasteiger partial charge in [0, 0.05) is 259 Å². The molecule has 0 radical (unpaired) electrons. The minimum Gasteiger partial charge on any atom is -0.494 e. The molecule has 2 atom stereocenters. The molecule has 147 heavy (non-hydrogen) atoms. The van der Waals surface area contributed by atoms with E-state index in [1.54, 1.807) is 121 Å². The van der Waals surface area contributed by atoms with Crippen LogP contribution in [0.5, 0.6) is 34.5 Å². The van der Waals surface area contributed by atoms with E-state index in [0.717, 1.165) is 166 Å². The van der Waals surface area contributed by atoms with E-state index in [2.05, 4.69) is 156 Å². The smallest absolute Gasteiger partial charge is 0.236 e. The normalized spacial score (nSPS) is 13.2. The van der Waals surface area contributed by atoms with Crippen molar-refractivity contribution in [3.05, 3.63) is 316 Å². The van der Waals surface area contributed by atoms with Gasteiger partial charge >= 0.3 is 0 Å². The Labute approximate surface area is 845 Å². The van der Waals surface area contributed by atoms with Crippen molar-refractivity contribution in [3.63, 3.8) is 0 Å². The van der Waals surface area contributed by atoms with Gasteiger partial charge in [0.05, 0.1) is 100 Å². The van der Waals surface area contributed by atoms with E-state index in [-0.39, 0.29) is 31.3 Å². The van der Waals surface area contributed by atoms with Crippen LogP contribution in [0.1, 0.15) is 53.4 Å². The fourth-order valence-corrected chi connectivity index (χ4v) is 16.9. The number of anilines is 8. The molecule has 2 aliphatic rings. The van der Waals surface area contributed by atoms with Gasteiger partial charge in [-0.2, -0.15) is 30.6 Å². The first-order valence-electron chi connectivity index (χ1n) is 47.3. The highest BCUT2D eigenvalue weighted by molar-refractivity contribution is 5.92. The lowest BCUT2D eigenvalue weighted by Crippen LogP contribution is -2.37. The first-order chi connectivity index (χ1) is 71.8. The van der Waals surface area contributed by atoms with E-state index in [4.69, 9.17) is 56.2 Å². The Kier molecular flexibility index (Phi) is 29.9. The van der Waals surface area contributed by atoms with Gasteiger partial charge < -0.3 is 59.5 Å². The maximum absolute atomic E-state index is 12.5. The molecule has 736 valence electrons. The number of likely N-dealkylation sites (N-methyl/N-ethyl adjacent to an activating group) is 2. The summed E-state index contributed by atoms with van der Waals surface area (Å²) in [7, 11) is 12.6. The number of rotatable bonds is 31. The number of hydrogen-bond acceptors (Lipinski definition) is 31. The van der Waals surface area contributed by atoms with Crippen LogP contribution in [0, 0.1) is 24.7 Å². The molecule has 2 saturated heterocycles. The molecule has 38 heteroatoms. The monoisotopic (exact) mass is 1960 g/mol. The highest BCUT2D eigenvalue weighted by Gasteiger charge is 2.30. The number of methoxy groups -OCH3 is 2. The summed E-state index contributed by atoms with van der Waals surface area (Å²) in [4.78, 5) is 72.4. The van der Waals surface area contributed by atoms with E-state index in [1.807, 2.05) is 213 Å². The average molecular weight is 1960 g/mol. The molecular formula is C109H103N31O7. The van der Waals surface area contributed by atoms with Crippen LogP contribution in [0.4, 0.5) is 46.5 Å². The second kappa shape index (κ2) is 45.3. The minimum atomic E-state index is -0.0976. The number of likely N-dealkylation sites (tertiary alicyclic amines) is 2. The number of aromatic nitrogens is 24. The number of carbonyl (C=O) groups excluding carboxylic acids is 1. The predicted molar refractivity (Wildman–Crippen MR) is 561 cm³/mol. The molecule has 0 aliphatic carbocycles. The largest absolute Gasteiger partial charge is 0.494 e. The summed E-state index contributed by atoms with van der Waals surface area (Å²) in [6, 6.07) is 47.2. The van der Waals surface area contributed by atoms with Crippen LogP contribution in [0.25, 0.3) is 88.1 Å². The number of aryl methyl sites for hydroxylation is 3. The Hall–Kier alpha value is -18.9. The third kappa shape index (κ3) is 24.8. The van der Waals surface area contributed by atoms with Crippen molar-refractivity contribution in [2.24, 2.45) is 21.1 Å². The Morgan fingerprint density at radius 3 is 1.37 bits per heavy atom. The molecule has 8 aromatic carbocycles. The van der Waals surface area contributed by atoms with Gasteiger partial charge in [-0.1, -0.05) is 43.0 Å². The molecule has 14 heterocycles. The molecule has 0 saturated carbocycles. The van der Waals surface area contributed by atoms with E-state index in [1.165, 1.54) is 0 Å². The van der Waals surface area contributed by atoms with Gasteiger partial charge in [0.1, 0.15) is 71.0 Å². The maximum atomic E-state index is 12.5. The summed E-state index contributed by atoms with van der Waals surface area (Å²) in [5, 5.41) is 45.1. The number of benzene rings is 8. The number of ether oxygens (including phenoxy) is 6. The zero-order valence-corrected chi connectivity index (χ0v) is 81.8. The highest BCUT2D eigenvalue weighted by atomic mass is 16.5. The molecule has 1 amide bonds. The molecule has 38 nitrogen and oxygen atoms in total. The van der Waals surface area contributed by atoms with Crippen molar-refractivity contribution >= 4 is 96.1 Å². The van der Waals surface area contributed by atoms with Crippen molar-refractivity contribution in [1.29, 1.82) is 0 Å². The van der Waals surface area contributed by atoms with E-state index < -0.39 is 0 Å². The number of aromatic amines is 1. The Morgan fingerprint density at radius 1 is 0.456 bits per heavy atom. The topological polar surface area (TPSA) is 403 Å². The summed E-state index contributed by atoms with van der Waals surface area (Å²) in [5.41, 5.74) is 18.9. The summed E-state index contributed by atoms with van der Waals surface area (Å²) in [5.74, 6) is 11.2. The van der Waals surface area contributed by atoms with E-state index in [0.29, 0.717) is 102 Å². The van der Waals surface area contributed by atoms with Crippen molar-refractivity contribution in [2.45, 2.75) is 58.3 Å². The van der Waals surface area contributed by atoms with Crippen molar-refractivity contribution in [2.75, 3.05) is 88.9 Å². The van der Waals surface area contributed by atoms with E-state index >= 15 is 0 Å². The van der Waals surface area contributed by atoms with Gasteiger partial charge in [-0.3, -0.25) is 58.1 Å². The Morgan fingerprint density at radius 2 is 0.932 bits per heavy atom. The number of terminal acetylenes is 2. The number of H-pyrrole nitrogens is 1. The molecule has 0 unspecified atom stereocenters.